The lowest BCUT2D eigenvalue weighted by atomic mass is 10.2. The highest BCUT2D eigenvalue weighted by molar-refractivity contribution is 6.33. The van der Waals surface area contributed by atoms with Gasteiger partial charge in [0, 0.05) is 11.6 Å². The fraction of sp³-hybridized carbons (Fsp3) is 0.0588. The van der Waals surface area contributed by atoms with E-state index < -0.39 is 4.92 Å². The minimum atomic E-state index is -0.538. The minimum Gasteiger partial charge on any atom is -0.360 e. The van der Waals surface area contributed by atoms with Crippen LogP contribution in [0.25, 0.3) is 0 Å². The summed E-state index contributed by atoms with van der Waals surface area (Å²) in [5, 5.41) is 18.5. The molecule has 0 atom stereocenters. The van der Waals surface area contributed by atoms with Gasteiger partial charge in [0.2, 0.25) is 11.6 Å². The number of anilines is 3. The Morgan fingerprint density at radius 2 is 1.69 bits per heavy atom. The van der Waals surface area contributed by atoms with Crippen LogP contribution in [-0.4, -0.2) is 14.9 Å². The lowest BCUT2D eigenvalue weighted by molar-refractivity contribution is -0.383. The first-order valence-corrected chi connectivity index (χ1v) is 8.29. The molecule has 7 nitrogen and oxygen atoms in total. The van der Waals surface area contributed by atoms with Crippen LogP contribution in [0.1, 0.15) is 5.56 Å². The lowest BCUT2D eigenvalue weighted by Gasteiger charge is -2.11. The largest absolute Gasteiger partial charge is 0.360 e. The van der Waals surface area contributed by atoms with Crippen molar-refractivity contribution in [2.24, 2.45) is 0 Å². The Bertz CT molecular complexity index is 935. The van der Waals surface area contributed by atoms with Crippen molar-refractivity contribution < 1.29 is 4.92 Å². The lowest BCUT2D eigenvalue weighted by Crippen LogP contribution is -2.08. The molecule has 1 heterocycles. The van der Waals surface area contributed by atoms with Crippen molar-refractivity contribution in [1.82, 2.24) is 9.97 Å². The van der Waals surface area contributed by atoms with Gasteiger partial charge in [-0.05, 0) is 29.8 Å². The minimum absolute atomic E-state index is 0.0525. The van der Waals surface area contributed by atoms with Crippen molar-refractivity contribution in [3.8, 4) is 0 Å². The summed E-state index contributed by atoms with van der Waals surface area (Å²) in [6.07, 6.45) is 1.25. The average Bonchev–Trinajstić information content (AvgIpc) is 2.63. The number of nitrogens with one attached hydrogen (secondary N) is 2. The summed E-state index contributed by atoms with van der Waals surface area (Å²) in [6, 6.07) is 14.1. The van der Waals surface area contributed by atoms with Crippen LogP contribution in [0.5, 0.6) is 0 Å². The molecule has 0 aliphatic rings. The topological polar surface area (TPSA) is 93.0 Å². The third-order valence-electron chi connectivity index (χ3n) is 3.50. The quantitative estimate of drug-likeness (QED) is 0.452. The zero-order chi connectivity index (χ0) is 18.5. The summed E-state index contributed by atoms with van der Waals surface area (Å²) >= 11 is 12.0. The fourth-order valence-corrected chi connectivity index (χ4v) is 2.56. The van der Waals surface area contributed by atoms with E-state index in [9.17, 15) is 10.1 Å². The van der Waals surface area contributed by atoms with E-state index in [0.29, 0.717) is 22.3 Å². The maximum absolute atomic E-state index is 11.6. The van der Waals surface area contributed by atoms with E-state index in [1.807, 2.05) is 12.1 Å². The third-order valence-corrected chi connectivity index (χ3v) is 4.09. The number of para-hydroxylation sites is 1. The van der Waals surface area contributed by atoms with Crippen LogP contribution in [0.2, 0.25) is 10.0 Å². The van der Waals surface area contributed by atoms with Gasteiger partial charge in [-0.3, -0.25) is 10.1 Å². The molecule has 3 aromatic rings. The smallest absolute Gasteiger partial charge is 0.353 e. The molecule has 0 radical (unpaired) electrons. The molecule has 9 heteroatoms. The molecule has 132 valence electrons. The Labute approximate surface area is 159 Å². The molecule has 0 spiro atoms. The molecule has 0 aliphatic heterocycles. The molecule has 0 saturated heterocycles. The van der Waals surface area contributed by atoms with Crippen molar-refractivity contribution in [2.45, 2.75) is 6.54 Å². The first-order valence-electron chi connectivity index (χ1n) is 7.54. The Morgan fingerprint density at radius 1 is 1.00 bits per heavy atom. The van der Waals surface area contributed by atoms with E-state index in [2.05, 4.69) is 20.6 Å². The van der Waals surface area contributed by atoms with Crippen molar-refractivity contribution in [1.29, 1.82) is 0 Å². The van der Waals surface area contributed by atoms with E-state index in [1.165, 1.54) is 6.33 Å². The van der Waals surface area contributed by atoms with E-state index >= 15 is 0 Å². The number of benzene rings is 2. The summed E-state index contributed by atoms with van der Waals surface area (Å²) in [6.45, 7) is 0.348. The summed E-state index contributed by atoms with van der Waals surface area (Å²) in [5.74, 6) is 0.159. The maximum atomic E-state index is 11.6. The predicted octanol–water partition coefficient (Wildman–Crippen LogP) is 5.05. The predicted molar refractivity (Wildman–Crippen MR) is 102 cm³/mol. The summed E-state index contributed by atoms with van der Waals surface area (Å²) in [5.41, 5.74) is 1.16. The molecule has 26 heavy (non-hydrogen) atoms. The van der Waals surface area contributed by atoms with Gasteiger partial charge in [0.15, 0.2) is 0 Å². The van der Waals surface area contributed by atoms with Crippen LogP contribution < -0.4 is 10.6 Å². The Kier molecular flexibility index (Phi) is 5.50. The third kappa shape index (κ3) is 4.19. The van der Waals surface area contributed by atoms with Crippen molar-refractivity contribution in [3.63, 3.8) is 0 Å². The molecule has 1 aromatic heterocycles. The number of halogens is 2. The standard InChI is InChI=1S/C17H13Cl2N5O2/c18-12-7-5-11(6-8-12)9-20-16-15(24(25)26)17(22-10-21-16)23-14-4-2-1-3-13(14)19/h1-8,10H,9H2,(H2,20,21,22,23). The van der Waals surface area contributed by atoms with Gasteiger partial charge in [-0.25, -0.2) is 9.97 Å². The van der Waals surface area contributed by atoms with E-state index in [0.717, 1.165) is 5.56 Å². The zero-order valence-corrected chi connectivity index (χ0v) is 14.8. The van der Waals surface area contributed by atoms with Gasteiger partial charge in [0.05, 0.1) is 15.6 Å². The average molecular weight is 390 g/mol. The van der Waals surface area contributed by atoms with Crippen LogP contribution in [-0.2, 0) is 6.54 Å². The van der Waals surface area contributed by atoms with E-state index in [4.69, 9.17) is 23.2 Å². The SMILES string of the molecule is O=[N+]([O-])c1c(NCc2ccc(Cl)cc2)ncnc1Nc1ccccc1Cl. The van der Waals surface area contributed by atoms with Crippen molar-refractivity contribution >= 4 is 46.2 Å². The molecule has 0 bridgehead atoms. The molecule has 0 amide bonds. The number of rotatable bonds is 6. The van der Waals surface area contributed by atoms with Crippen LogP contribution in [0.3, 0.4) is 0 Å². The molecule has 0 fully saturated rings. The number of nitro groups is 1. The first kappa shape index (κ1) is 17.9. The maximum Gasteiger partial charge on any atom is 0.353 e. The summed E-state index contributed by atoms with van der Waals surface area (Å²) in [7, 11) is 0. The Hall–Kier alpha value is -2.90. The second-order valence-corrected chi connectivity index (χ2v) is 6.11. The fourth-order valence-electron chi connectivity index (χ4n) is 2.25. The van der Waals surface area contributed by atoms with Crippen LogP contribution >= 0.6 is 23.2 Å². The highest BCUT2D eigenvalue weighted by atomic mass is 35.5. The highest BCUT2D eigenvalue weighted by Gasteiger charge is 2.23. The van der Waals surface area contributed by atoms with Gasteiger partial charge in [-0.2, -0.15) is 0 Å². The second-order valence-electron chi connectivity index (χ2n) is 5.26. The zero-order valence-electron chi connectivity index (χ0n) is 13.3. The molecular formula is C17H13Cl2N5O2. The highest BCUT2D eigenvalue weighted by Crippen LogP contribution is 2.33. The normalized spacial score (nSPS) is 10.4. The van der Waals surface area contributed by atoms with Crippen molar-refractivity contribution in [3.05, 3.63) is 80.6 Å². The van der Waals surface area contributed by atoms with E-state index in [-0.39, 0.29) is 17.3 Å². The number of nitrogens with zero attached hydrogens (tertiary/aromatic N) is 3. The number of aromatic nitrogens is 2. The van der Waals surface area contributed by atoms with Crippen molar-refractivity contribution in [2.75, 3.05) is 10.6 Å². The molecule has 0 unspecified atom stereocenters. The molecule has 0 saturated carbocycles. The van der Waals surface area contributed by atoms with Crippen LogP contribution in [0.15, 0.2) is 54.9 Å². The number of hydrogen-bond acceptors (Lipinski definition) is 6. The van der Waals surface area contributed by atoms with Gasteiger partial charge in [0.1, 0.15) is 6.33 Å². The molecule has 3 rings (SSSR count). The van der Waals surface area contributed by atoms with Gasteiger partial charge in [0.25, 0.3) is 0 Å². The Morgan fingerprint density at radius 3 is 2.38 bits per heavy atom. The van der Waals surface area contributed by atoms with Crippen LogP contribution in [0.4, 0.5) is 23.0 Å². The van der Waals surface area contributed by atoms with E-state index in [1.54, 1.807) is 36.4 Å². The molecular weight excluding hydrogens is 377 g/mol. The van der Waals surface area contributed by atoms with Gasteiger partial charge in [-0.1, -0.05) is 47.5 Å². The monoisotopic (exact) mass is 389 g/mol. The van der Waals surface area contributed by atoms with Gasteiger partial charge < -0.3 is 10.6 Å². The summed E-state index contributed by atoms with van der Waals surface area (Å²) < 4.78 is 0. The number of hydrogen-bond donors (Lipinski definition) is 2. The Balaban J connectivity index is 1.87. The first-order chi connectivity index (χ1) is 12.5. The van der Waals surface area contributed by atoms with Gasteiger partial charge in [-0.15, -0.1) is 0 Å². The molecule has 2 aromatic carbocycles. The summed E-state index contributed by atoms with van der Waals surface area (Å²) in [4.78, 5) is 19.0. The second kappa shape index (κ2) is 7.99. The van der Waals surface area contributed by atoms with Gasteiger partial charge >= 0.3 is 5.69 Å². The molecule has 0 aliphatic carbocycles. The van der Waals surface area contributed by atoms with Crippen LogP contribution in [0, 0.1) is 10.1 Å². The molecule has 2 N–H and O–H groups in total.